The van der Waals surface area contributed by atoms with Gasteiger partial charge in [0.2, 0.25) is 15.9 Å². The number of sulfonamides is 1. The summed E-state index contributed by atoms with van der Waals surface area (Å²) in [4.78, 5) is 24.2. The molecule has 2 N–H and O–H groups in total. The minimum atomic E-state index is -3.60. The number of rotatable bonds is 6. The summed E-state index contributed by atoms with van der Waals surface area (Å²) in [6.07, 6.45) is 2.72. The van der Waals surface area contributed by atoms with Gasteiger partial charge in [-0.1, -0.05) is 6.42 Å². The van der Waals surface area contributed by atoms with Gasteiger partial charge in [-0.15, -0.1) is 0 Å². The van der Waals surface area contributed by atoms with Crippen molar-refractivity contribution in [3.05, 3.63) is 48.0 Å². The molecular formula is C22H27N3O5S. The zero-order valence-electron chi connectivity index (χ0n) is 17.8. The van der Waals surface area contributed by atoms with Crippen LogP contribution in [0.1, 0.15) is 43.5 Å². The Morgan fingerprint density at radius 2 is 1.77 bits per heavy atom. The summed E-state index contributed by atoms with van der Waals surface area (Å²) < 4.78 is 32.7. The van der Waals surface area contributed by atoms with Crippen LogP contribution < -0.4 is 15.4 Å². The molecule has 1 aliphatic heterocycles. The van der Waals surface area contributed by atoms with E-state index in [4.69, 9.17) is 4.74 Å². The number of benzene rings is 2. The van der Waals surface area contributed by atoms with E-state index < -0.39 is 15.9 Å². The second-order valence-corrected chi connectivity index (χ2v) is 9.43. The van der Waals surface area contributed by atoms with Gasteiger partial charge in [0.1, 0.15) is 5.75 Å². The van der Waals surface area contributed by atoms with E-state index in [1.54, 1.807) is 18.2 Å². The fourth-order valence-corrected chi connectivity index (χ4v) is 5.32. The first-order valence-electron chi connectivity index (χ1n) is 10.1. The highest BCUT2D eigenvalue weighted by Gasteiger charge is 2.30. The van der Waals surface area contributed by atoms with Crippen molar-refractivity contribution in [3.63, 3.8) is 0 Å². The quantitative estimate of drug-likeness (QED) is 0.708. The van der Waals surface area contributed by atoms with E-state index in [1.807, 2.05) is 6.92 Å². The minimum Gasteiger partial charge on any atom is -0.495 e. The van der Waals surface area contributed by atoms with E-state index in [2.05, 4.69) is 10.6 Å². The molecule has 0 spiro atoms. The molecule has 2 amide bonds. The number of methoxy groups -OCH3 is 1. The first-order valence-corrected chi connectivity index (χ1v) is 11.6. The van der Waals surface area contributed by atoms with E-state index in [0.29, 0.717) is 29.2 Å². The number of anilines is 2. The molecule has 8 nitrogen and oxygen atoms in total. The standard InChI is InChI=1S/C22H27N3O5S/c1-15-6-4-5-13-25(15)31(28,29)19-10-7-17(8-11-19)22(27)24-20-14-18(23-16(2)26)9-12-21(20)30-3/h7-12,14-15H,4-6,13H2,1-3H3,(H,23,26)(H,24,27)/t15-/m0/s1. The molecule has 0 unspecified atom stereocenters. The van der Waals surface area contributed by atoms with Crippen molar-refractivity contribution >= 4 is 33.2 Å². The molecule has 2 aromatic carbocycles. The normalized spacial score (nSPS) is 17.1. The Labute approximate surface area is 182 Å². The van der Waals surface area contributed by atoms with Gasteiger partial charge in [-0.05, 0) is 62.2 Å². The number of nitrogens with one attached hydrogen (secondary N) is 2. The van der Waals surface area contributed by atoms with Crippen LogP contribution in [0.4, 0.5) is 11.4 Å². The van der Waals surface area contributed by atoms with Crippen LogP contribution in [-0.4, -0.2) is 44.2 Å². The molecule has 3 rings (SSSR count). The van der Waals surface area contributed by atoms with E-state index in [0.717, 1.165) is 19.3 Å². The number of ether oxygens (including phenoxy) is 1. The largest absolute Gasteiger partial charge is 0.495 e. The Hall–Kier alpha value is -2.91. The summed E-state index contributed by atoms with van der Waals surface area (Å²) in [6.45, 7) is 3.82. The van der Waals surface area contributed by atoms with Crippen molar-refractivity contribution in [1.29, 1.82) is 0 Å². The minimum absolute atomic E-state index is 0.0370. The molecule has 0 saturated carbocycles. The summed E-state index contributed by atoms with van der Waals surface area (Å²) in [5, 5.41) is 5.40. The Kier molecular flexibility index (Phi) is 6.97. The Morgan fingerprint density at radius 1 is 1.06 bits per heavy atom. The van der Waals surface area contributed by atoms with E-state index in [9.17, 15) is 18.0 Å². The molecule has 1 saturated heterocycles. The molecule has 0 aromatic heterocycles. The lowest BCUT2D eigenvalue weighted by Gasteiger charge is -2.32. The molecule has 0 radical (unpaired) electrons. The van der Waals surface area contributed by atoms with Gasteiger partial charge in [-0.3, -0.25) is 9.59 Å². The topological polar surface area (TPSA) is 105 Å². The van der Waals surface area contributed by atoms with Gasteiger partial charge in [0, 0.05) is 30.8 Å². The third-order valence-corrected chi connectivity index (χ3v) is 7.26. The van der Waals surface area contributed by atoms with Gasteiger partial charge >= 0.3 is 0 Å². The molecule has 9 heteroatoms. The van der Waals surface area contributed by atoms with Gasteiger partial charge < -0.3 is 15.4 Å². The Balaban J connectivity index is 1.79. The molecular weight excluding hydrogens is 418 g/mol. The second kappa shape index (κ2) is 9.49. The summed E-state index contributed by atoms with van der Waals surface area (Å²) in [7, 11) is -2.12. The first-order chi connectivity index (χ1) is 14.7. The zero-order chi connectivity index (χ0) is 22.6. The van der Waals surface area contributed by atoms with Gasteiger partial charge in [0.15, 0.2) is 0 Å². The lowest BCUT2D eigenvalue weighted by atomic mass is 10.1. The lowest BCUT2D eigenvalue weighted by molar-refractivity contribution is -0.114. The van der Waals surface area contributed by atoms with Crippen molar-refractivity contribution in [2.75, 3.05) is 24.3 Å². The van der Waals surface area contributed by atoms with Crippen molar-refractivity contribution in [2.24, 2.45) is 0 Å². The van der Waals surface area contributed by atoms with Crippen LogP contribution in [0.3, 0.4) is 0 Å². The number of nitrogens with zero attached hydrogens (tertiary/aromatic N) is 1. The van der Waals surface area contributed by atoms with Crippen molar-refractivity contribution < 1.29 is 22.7 Å². The van der Waals surface area contributed by atoms with Gasteiger partial charge in [0.05, 0.1) is 17.7 Å². The highest BCUT2D eigenvalue weighted by molar-refractivity contribution is 7.89. The average molecular weight is 446 g/mol. The summed E-state index contributed by atoms with van der Waals surface area (Å²) in [5.41, 5.74) is 1.20. The molecule has 1 aliphatic rings. The number of piperidine rings is 1. The molecule has 0 aliphatic carbocycles. The second-order valence-electron chi connectivity index (χ2n) is 7.54. The van der Waals surface area contributed by atoms with Gasteiger partial charge in [0.25, 0.3) is 5.91 Å². The highest BCUT2D eigenvalue weighted by atomic mass is 32.2. The van der Waals surface area contributed by atoms with Crippen LogP contribution in [0.15, 0.2) is 47.4 Å². The maximum atomic E-state index is 13.0. The van der Waals surface area contributed by atoms with Crippen LogP contribution in [-0.2, 0) is 14.8 Å². The average Bonchev–Trinajstić information content (AvgIpc) is 2.74. The van der Waals surface area contributed by atoms with Crippen LogP contribution in [0, 0.1) is 0 Å². The molecule has 166 valence electrons. The van der Waals surface area contributed by atoms with Crippen molar-refractivity contribution in [2.45, 2.75) is 44.0 Å². The maximum absolute atomic E-state index is 13.0. The zero-order valence-corrected chi connectivity index (χ0v) is 18.7. The number of hydrogen-bond acceptors (Lipinski definition) is 5. The Bertz CT molecular complexity index is 1070. The lowest BCUT2D eigenvalue weighted by Crippen LogP contribution is -2.41. The third kappa shape index (κ3) is 5.23. The molecule has 0 bridgehead atoms. The van der Waals surface area contributed by atoms with Crippen molar-refractivity contribution in [3.8, 4) is 5.75 Å². The van der Waals surface area contributed by atoms with Crippen molar-refractivity contribution in [1.82, 2.24) is 4.31 Å². The molecule has 1 atom stereocenters. The summed E-state index contributed by atoms with van der Waals surface area (Å²) >= 11 is 0. The van der Waals surface area contributed by atoms with Crippen LogP contribution >= 0.6 is 0 Å². The van der Waals surface area contributed by atoms with E-state index in [-0.39, 0.29) is 16.8 Å². The monoisotopic (exact) mass is 445 g/mol. The SMILES string of the molecule is COc1ccc(NC(C)=O)cc1NC(=O)c1ccc(S(=O)(=O)N2CCCC[C@@H]2C)cc1. The van der Waals surface area contributed by atoms with Gasteiger partial charge in [-0.2, -0.15) is 4.31 Å². The molecule has 2 aromatic rings. The number of carbonyl (C=O) groups excluding carboxylic acids is 2. The van der Waals surface area contributed by atoms with Crippen LogP contribution in [0.25, 0.3) is 0 Å². The summed E-state index contributed by atoms with van der Waals surface area (Å²) in [6, 6.07) is 10.7. The highest BCUT2D eigenvalue weighted by Crippen LogP contribution is 2.29. The van der Waals surface area contributed by atoms with Crippen LogP contribution in [0.5, 0.6) is 5.75 Å². The summed E-state index contributed by atoms with van der Waals surface area (Å²) in [5.74, 6) is -0.225. The smallest absolute Gasteiger partial charge is 0.255 e. The number of carbonyl (C=O) groups is 2. The van der Waals surface area contributed by atoms with E-state index >= 15 is 0 Å². The number of hydrogen-bond donors (Lipinski definition) is 2. The predicted molar refractivity (Wildman–Crippen MR) is 119 cm³/mol. The third-order valence-electron chi connectivity index (χ3n) is 5.23. The molecule has 31 heavy (non-hydrogen) atoms. The fraction of sp³-hybridized carbons (Fsp3) is 0.364. The van der Waals surface area contributed by atoms with Crippen LogP contribution in [0.2, 0.25) is 0 Å². The maximum Gasteiger partial charge on any atom is 0.255 e. The van der Waals surface area contributed by atoms with Gasteiger partial charge in [-0.25, -0.2) is 8.42 Å². The molecule has 1 heterocycles. The first kappa shape index (κ1) is 22.8. The number of amides is 2. The fourth-order valence-electron chi connectivity index (χ4n) is 3.62. The Morgan fingerprint density at radius 3 is 2.39 bits per heavy atom. The molecule has 1 fully saturated rings. The van der Waals surface area contributed by atoms with E-state index in [1.165, 1.54) is 42.6 Å². The predicted octanol–water partition coefficient (Wildman–Crippen LogP) is 3.47.